The van der Waals surface area contributed by atoms with Crippen LogP contribution in [0.4, 0.5) is 4.79 Å². The fourth-order valence-electron chi connectivity index (χ4n) is 2.53. The van der Waals surface area contributed by atoms with Gasteiger partial charge in [0.15, 0.2) is 0 Å². The predicted octanol–water partition coefficient (Wildman–Crippen LogP) is 3.46. The molecular weight excluding hydrogens is 372 g/mol. The van der Waals surface area contributed by atoms with Gasteiger partial charge in [-0.2, -0.15) is 0 Å². The van der Waals surface area contributed by atoms with Gasteiger partial charge in [-0.3, -0.25) is 4.79 Å². The van der Waals surface area contributed by atoms with E-state index in [1.54, 1.807) is 4.90 Å². The van der Waals surface area contributed by atoms with Crippen LogP contribution in [0.2, 0.25) is 0 Å². The number of piperazine rings is 1. The fraction of sp³-hybridized carbons (Fsp3) is 0.556. The molecule has 1 aliphatic heterocycles. The predicted molar refractivity (Wildman–Crippen MR) is 96.9 cm³/mol. The van der Waals surface area contributed by atoms with Gasteiger partial charge in [-0.25, -0.2) is 4.79 Å². The number of carbonyl (C=O) groups excluding carboxylic acids is 2. The Morgan fingerprint density at radius 1 is 1.04 bits per heavy atom. The van der Waals surface area contributed by atoms with Crippen molar-refractivity contribution in [2.75, 3.05) is 26.2 Å². The van der Waals surface area contributed by atoms with Gasteiger partial charge in [0, 0.05) is 37.1 Å². The maximum absolute atomic E-state index is 12.3. The highest BCUT2D eigenvalue weighted by Gasteiger charge is 2.27. The Bertz CT molecular complexity index is 573. The van der Waals surface area contributed by atoms with Gasteiger partial charge in [-0.1, -0.05) is 28.1 Å². The Hall–Kier alpha value is -1.56. The molecule has 0 spiro atoms. The molecule has 0 radical (unpaired) electrons. The molecule has 0 aromatic heterocycles. The van der Waals surface area contributed by atoms with Gasteiger partial charge in [-0.05, 0) is 44.9 Å². The average Bonchev–Trinajstić information content (AvgIpc) is 2.52. The molecule has 1 saturated heterocycles. The summed E-state index contributed by atoms with van der Waals surface area (Å²) in [4.78, 5) is 27.9. The Balaban J connectivity index is 1.76. The summed E-state index contributed by atoms with van der Waals surface area (Å²) in [6, 6.07) is 8.02. The van der Waals surface area contributed by atoms with Gasteiger partial charge in [0.1, 0.15) is 5.60 Å². The number of aryl methyl sites for hydroxylation is 1. The third kappa shape index (κ3) is 5.82. The smallest absolute Gasteiger partial charge is 0.410 e. The molecule has 0 unspecified atom stereocenters. The molecule has 6 heteroatoms. The number of rotatable bonds is 3. The molecule has 2 rings (SSSR count). The van der Waals surface area contributed by atoms with E-state index in [4.69, 9.17) is 4.74 Å². The summed E-state index contributed by atoms with van der Waals surface area (Å²) in [6.45, 7) is 7.75. The van der Waals surface area contributed by atoms with Crippen molar-refractivity contribution in [2.24, 2.45) is 0 Å². The molecule has 0 aliphatic carbocycles. The van der Waals surface area contributed by atoms with Gasteiger partial charge in [-0.15, -0.1) is 0 Å². The van der Waals surface area contributed by atoms with Crippen molar-refractivity contribution in [1.82, 2.24) is 9.80 Å². The van der Waals surface area contributed by atoms with E-state index in [0.29, 0.717) is 32.6 Å². The molecule has 0 N–H and O–H groups in total. The van der Waals surface area contributed by atoms with Crippen LogP contribution in [0.5, 0.6) is 0 Å². The van der Waals surface area contributed by atoms with Gasteiger partial charge in [0.05, 0.1) is 0 Å². The highest BCUT2D eigenvalue weighted by Crippen LogP contribution is 2.14. The summed E-state index contributed by atoms with van der Waals surface area (Å²) < 4.78 is 6.41. The van der Waals surface area contributed by atoms with E-state index in [9.17, 15) is 9.59 Å². The van der Waals surface area contributed by atoms with Crippen LogP contribution in [0.15, 0.2) is 28.7 Å². The Labute approximate surface area is 152 Å². The first kappa shape index (κ1) is 18.8. The third-order valence-electron chi connectivity index (χ3n) is 3.82. The lowest BCUT2D eigenvalue weighted by Crippen LogP contribution is -2.51. The van der Waals surface area contributed by atoms with Gasteiger partial charge >= 0.3 is 6.09 Å². The average molecular weight is 397 g/mol. The Kier molecular flexibility index (Phi) is 6.27. The zero-order chi connectivity index (χ0) is 17.7. The van der Waals surface area contributed by atoms with Crippen LogP contribution in [0.1, 0.15) is 32.8 Å². The van der Waals surface area contributed by atoms with Crippen LogP contribution in [0.25, 0.3) is 0 Å². The first-order chi connectivity index (χ1) is 11.2. The fourth-order valence-corrected chi connectivity index (χ4v) is 2.79. The second-order valence-corrected chi connectivity index (χ2v) is 7.89. The molecule has 5 nitrogen and oxygen atoms in total. The summed E-state index contributed by atoms with van der Waals surface area (Å²) in [5.74, 6) is 0.141. The van der Waals surface area contributed by atoms with E-state index >= 15 is 0 Å². The monoisotopic (exact) mass is 396 g/mol. The largest absolute Gasteiger partial charge is 0.444 e. The minimum absolute atomic E-state index is 0.141. The molecule has 1 aliphatic rings. The number of benzene rings is 1. The summed E-state index contributed by atoms with van der Waals surface area (Å²) in [7, 11) is 0. The van der Waals surface area contributed by atoms with Gasteiger partial charge in [0.25, 0.3) is 0 Å². The number of hydrogen-bond donors (Lipinski definition) is 0. The summed E-state index contributed by atoms with van der Waals surface area (Å²) in [6.07, 6.45) is 0.927. The zero-order valence-corrected chi connectivity index (χ0v) is 16.1. The number of halogens is 1. The van der Waals surface area contributed by atoms with Crippen LogP contribution in [0.3, 0.4) is 0 Å². The number of ether oxygens (including phenoxy) is 1. The van der Waals surface area contributed by atoms with Crippen LogP contribution in [-0.2, 0) is 16.0 Å². The van der Waals surface area contributed by atoms with Crippen LogP contribution in [-0.4, -0.2) is 53.6 Å². The van der Waals surface area contributed by atoms with Crippen molar-refractivity contribution in [1.29, 1.82) is 0 Å². The second-order valence-electron chi connectivity index (χ2n) is 6.97. The highest BCUT2D eigenvalue weighted by atomic mass is 79.9. The minimum Gasteiger partial charge on any atom is -0.444 e. The van der Waals surface area contributed by atoms with E-state index in [1.807, 2.05) is 49.9 Å². The van der Waals surface area contributed by atoms with E-state index in [2.05, 4.69) is 15.9 Å². The van der Waals surface area contributed by atoms with Crippen molar-refractivity contribution in [3.63, 3.8) is 0 Å². The van der Waals surface area contributed by atoms with E-state index in [-0.39, 0.29) is 12.0 Å². The number of nitrogens with zero attached hydrogens (tertiary/aromatic N) is 2. The molecule has 1 fully saturated rings. The van der Waals surface area contributed by atoms with Gasteiger partial charge in [0.2, 0.25) is 5.91 Å². The van der Waals surface area contributed by atoms with Crippen molar-refractivity contribution in [3.05, 3.63) is 34.3 Å². The minimum atomic E-state index is -0.491. The molecular formula is C18H25BrN2O3. The third-order valence-corrected chi connectivity index (χ3v) is 4.35. The molecule has 0 saturated carbocycles. The quantitative estimate of drug-likeness (QED) is 0.785. The van der Waals surface area contributed by atoms with Gasteiger partial charge < -0.3 is 14.5 Å². The summed E-state index contributed by atoms with van der Waals surface area (Å²) in [5, 5.41) is 0. The maximum atomic E-state index is 12.3. The topological polar surface area (TPSA) is 49.9 Å². The number of hydrogen-bond acceptors (Lipinski definition) is 3. The standard InChI is InChI=1S/C18H25BrN2O3/c1-18(2,3)24-17(23)21-12-10-20(11-13-21)16(22)9-6-14-4-7-15(19)8-5-14/h4-5,7-8H,6,9-13H2,1-3H3. The van der Waals surface area contributed by atoms with Crippen molar-refractivity contribution in [3.8, 4) is 0 Å². The maximum Gasteiger partial charge on any atom is 0.410 e. The SMILES string of the molecule is CC(C)(C)OC(=O)N1CCN(C(=O)CCc2ccc(Br)cc2)CC1. The molecule has 1 aromatic carbocycles. The normalized spacial score (nSPS) is 15.3. The molecule has 0 bridgehead atoms. The van der Waals surface area contributed by atoms with Crippen molar-refractivity contribution in [2.45, 2.75) is 39.2 Å². The highest BCUT2D eigenvalue weighted by molar-refractivity contribution is 9.10. The van der Waals surface area contributed by atoms with E-state index < -0.39 is 5.60 Å². The first-order valence-corrected chi connectivity index (χ1v) is 9.04. The van der Waals surface area contributed by atoms with Crippen molar-refractivity contribution >= 4 is 27.9 Å². The number of carbonyl (C=O) groups is 2. The van der Waals surface area contributed by atoms with Crippen LogP contribution in [0, 0.1) is 0 Å². The Morgan fingerprint density at radius 2 is 1.58 bits per heavy atom. The number of amides is 2. The lowest BCUT2D eigenvalue weighted by Gasteiger charge is -2.35. The zero-order valence-electron chi connectivity index (χ0n) is 14.5. The molecule has 24 heavy (non-hydrogen) atoms. The summed E-state index contributed by atoms with van der Waals surface area (Å²) in [5.41, 5.74) is 0.660. The summed E-state index contributed by atoms with van der Waals surface area (Å²) >= 11 is 3.41. The second kappa shape index (κ2) is 8.01. The molecule has 132 valence electrons. The van der Waals surface area contributed by atoms with Crippen LogP contribution < -0.4 is 0 Å². The Morgan fingerprint density at radius 3 is 2.12 bits per heavy atom. The molecule has 1 aromatic rings. The molecule has 1 heterocycles. The van der Waals surface area contributed by atoms with E-state index in [1.165, 1.54) is 0 Å². The van der Waals surface area contributed by atoms with Crippen molar-refractivity contribution < 1.29 is 14.3 Å². The first-order valence-electron chi connectivity index (χ1n) is 8.25. The van der Waals surface area contributed by atoms with E-state index in [0.717, 1.165) is 16.5 Å². The van der Waals surface area contributed by atoms with Crippen LogP contribution >= 0.6 is 15.9 Å². The lowest BCUT2D eigenvalue weighted by atomic mass is 10.1. The molecule has 2 amide bonds. The lowest BCUT2D eigenvalue weighted by molar-refractivity contribution is -0.132. The molecule has 0 atom stereocenters.